The maximum atomic E-state index is 13.9. The Morgan fingerprint density at radius 2 is 1.75 bits per heavy atom. The third kappa shape index (κ3) is 3.57. The Balaban J connectivity index is 1.52. The molecule has 1 aliphatic heterocycles. The monoisotopic (exact) mass is 478 g/mol. The summed E-state index contributed by atoms with van der Waals surface area (Å²) in [6.45, 7) is 0. The van der Waals surface area contributed by atoms with Crippen LogP contribution in [0.5, 0.6) is 17.2 Å². The van der Waals surface area contributed by atoms with Gasteiger partial charge >= 0.3 is 0 Å². The molecule has 2 atom stereocenters. The second-order valence-electron chi connectivity index (χ2n) is 9.28. The highest BCUT2D eigenvalue weighted by molar-refractivity contribution is 6.04. The largest absolute Gasteiger partial charge is 0.504 e. The summed E-state index contributed by atoms with van der Waals surface area (Å²) >= 11 is 0. The fourth-order valence-electron chi connectivity index (χ4n) is 5.61. The number of nitrogens with zero attached hydrogens (tertiary/aromatic N) is 1. The molecule has 2 aliphatic rings. The molecule has 0 radical (unpaired) electrons. The van der Waals surface area contributed by atoms with Crippen molar-refractivity contribution >= 4 is 22.4 Å². The van der Waals surface area contributed by atoms with E-state index in [0.29, 0.717) is 12.2 Å². The van der Waals surface area contributed by atoms with Crippen molar-refractivity contribution in [1.82, 2.24) is 4.98 Å². The number of hydrogen-bond donors (Lipinski definition) is 2. The van der Waals surface area contributed by atoms with E-state index in [1.807, 2.05) is 60.7 Å². The first-order chi connectivity index (χ1) is 17.6. The Morgan fingerprint density at radius 3 is 2.53 bits per heavy atom. The Bertz CT molecular complexity index is 1520. The van der Waals surface area contributed by atoms with E-state index in [1.165, 1.54) is 7.11 Å². The zero-order valence-electron chi connectivity index (χ0n) is 20.1. The molecule has 3 aromatic carbocycles. The number of aromatic hydroxyl groups is 1. The third-order valence-corrected chi connectivity index (χ3v) is 7.32. The van der Waals surface area contributed by atoms with E-state index < -0.39 is 0 Å². The van der Waals surface area contributed by atoms with Crippen LogP contribution in [0.4, 0.5) is 5.69 Å². The first-order valence-electron chi connectivity index (χ1n) is 12.0. The Kier molecular flexibility index (Phi) is 5.37. The topological polar surface area (TPSA) is 80.7 Å². The second kappa shape index (κ2) is 8.72. The quantitative estimate of drug-likeness (QED) is 0.379. The summed E-state index contributed by atoms with van der Waals surface area (Å²) in [6.07, 6.45) is 2.93. The molecular weight excluding hydrogens is 452 g/mol. The van der Waals surface area contributed by atoms with Crippen molar-refractivity contribution in [3.8, 4) is 17.2 Å². The van der Waals surface area contributed by atoms with Gasteiger partial charge in [0.05, 0.1) is 19.7 Å². The molecule has 0 amide bonds. The smallest absolute Gasteiger partial charge is 0.162 e. The number of nitrogens with one attached hydrogen (secondary N) is 1. The number of benzene rings is 3. The Labute approximate surface area is 209 Å². The number of hydrogen-bond acceptors (Lipinski definition) is 6. The van der Waals surface area contributed by atoms with Gasteiger partial charge in [0.15, 0.2) is 17.3 Å². The molecule has 0 saturated heterocycles. The average Bonchev–Trinajstić information content (AvgIpc) is 2.92. The molecule has 0 saturated carbocycles. The minimum Gasteiger partial charge on any atom is -0.504 e. The Morgan fingerprint density at radius 1 is 0.944 bits per heavy atom. The normalized spacial score (nSPS) is 18.9. The summed E-state index contributed by atoms with van der Waals surface area (Å²) in [5.41, 5.74) is 6.59. The van der Waals surface area contributed by atoms with Gasteiger partial charge in [-0.15, -0.1) is 0 Å². The van der Waals surface area contributed by atoms with Crippen LogP contribution in [0.15, 0.2) is 84.2 Å². The number of fused-ring (bicyclic) bond motifs is 3. The first kappa shape index (κ1) is 22.2. The van der Waals surface area contributed by atoms with E-state index in [2.05, 4.69) is 10.3 Å². The predicted molar refractivity (Wildman–Crippen MR) is 139 cm³/mol. The molecule has 2 N–H and O–H groups in total. The van der Waals surface area contributed by atoms with Crippen LogP contribution < -0.4 is 14.8 Å². The van der Waals surface area contributed by atoms with Crippen molar-refractivity contribution in [2.24, 2.45) is 0 Å². The van der Waals surface area contributed by atoms with Gasteiger partial charge in [-0.3, -0.25) is 9.78 Å². The molecule has 0 spiro atoms. The molecule has 0 fully saturated rings. The van der Waals surface area contributed by atoms with E-state index >= 15 is 0 Å². The van der Waals surface area contributed by atoms with E-state index in [0.717, 1.165) is 56.7 Å². The van der Waals surface area contributed by atoms with Crippen molar-refractivity contribution in [2.75, 3.05) is 19.5 Å². The highest BCUT2D eigenvalue weighted by Crippen LogP contribution is 2.50. The Hall–Kier alpha value is -4.32. The lowest BCUT2D eigenvalue weighted by Gasteiger charge is -2.37. The number of pyridine rings is 1. The molecule has 0 bridgehead atoms. The summed E-state index contributed by atoms with van der Waals surface area (Å²) in [7, 11) is 3.18. The molecule has 180 valence electrons. The van der Waals surface area contributed by atoms with Crippen LogP contribution in [0.25, 0.3) is 10.9 Å². The number of methoxy groups -OCH3 is 2. The minimum absolute atomic E-state index is 0.0683. The molecule has 2 unspecified atom stereocenters. The lowest BCUT2D eigenvalue weighted by molar-refractivity contribution is -0.116. The van der Waals surface area contributed by atoms with Crippen LogP contribution in [0.1, 0.15) is 41.4 Å². The maximum Gasteiger partial charge on any atom is 0.162 e. The number of carbonyl (C=O) groups is 1. The van der Waals surface area contributed by atoms with Crippen LogP contribution >= 0.6 is 0 Å². The summed E-state index contributed by atoms with van der Waals surface area (Å²) in [5.74, 6) is 1.14. The lowest BCUT2D eigenvalue weighted by Crippen LogP contribution is -2.30. The number of carbonyl (C=O) groups excluding carboxylic acids is 1. The van der Waals surface area contributed by atoms with Gasteiger partial charge in [0.1, 0.15) is 5.75 Å². The molecular formula is C30H26N2O4. The van der Waals surface area contributed by atoms with Crippen molar-refractivity contribution in [2.45, 2.75) is 24.7 Å². The second-order valence-corrected chi connectivity index (χ2v) is 9.28. The van der Waals surface area contributed by atoms with Crippen molar-refractivity contribution < 1.29 is 19.4 Å². The third-order valence-electron chi connectivity index (χ3n) is 7.32. The highest BCUT2D eigenvalue weighted by Gasteiger charge is 2.39. The fourth-order valence-corrected chi connectivity index (χ4v) is 5.61. The molecule has 6 heteroatoms. The molecule has 4 aromatic rings. The SMILES string of the molecule is COc1ccc(C2CC(=O)C3=C(C2)Nc2ccc4ncccc4c2C3c2ccc(O)c(OC)c2)cc1. The van der Waals surface area contributed by atoms with E-state index in [-0.39, 0.29) is 23.4 Å². The zero-order chi connectivity index (χ0) is 24.8. The maximum absolute atomic E-state index is 13.9. The minimum atomic E-state index is -0.303. The van der Waals surface area contributed by atoms with Gasteiger partial charge in [0.2, 0.25) is 0 Å². The molecule has 36 heavy (non-hydrogen) atoms. The van der Waals surface area contributed by atoms with E-state index in [4.69, 9.17) is 9.47 Å². The number of aromatic nitrogens is 1. The van der Waals surface area contributed by atoms with Crippen molar-refractivity contribution in [1.29, 1.82) is 0 Å². The number of anilines is 1. The molecule has 1 aliphatic carbocycles. The van der Waals surface area contributed by atoms with Gasteiger partial charge in [-0.1, -0.05) is 24.3 Å². The number of ketones is 1. The first-order valence-corrected chi connectivity index (χ1v) is 12.0. The summed E-state index contributed by atoms with van der Waals surface area (Å²) < 4.78 is 10.7. The van der Waals surface area contributed by atoms with Crippen LogP contribution in [0.3, 0.4) is 0 Å². The summed E-state index contributed by atoms with van der Waals surface area (Å²) in [4.78, 5) is 18.4. The summed E-state index contributed by atoms with van der Waals surface area (Å²) in [6, 6.07) is 21.3. The number of phenolic OH excluding ortho intramolecular Hbond substituents is 1. The van der Waals surface area contributed by atoms with Gasteiger partial charge in [0, 0.05) is 40.9 Å². The van der Waals surface area contributed by atoms with E-state index in [9.17, 15) is 9.90 Å². The van der Waals surface area contributed by atoms with Crippen molar-refractivity contribution in [3.05, 3.63) is 101 Å². The predicted octanol–water partition coefficient (Wildman–Crippen LogP) is 5.92. The molecule has 6 rings (SSSR count). The van der Waals surface area contributed by atoms with Crippen LogP contribution in [-0.4, -0.2) is 30.1 Å². The molecule has 2 heterocycles. The van der Waals surface area contributed by atoms with Crippen molar-refractivity contribution in [3.63, 3.8) is 0 Å². The highest BCUT2D eigenvalue weighted by atomic mass is 16.5. The van der Waals surface area contributed by atoms with Gasteiger partial charge < -0.3 is 19.9 Å². The van der Waals surface area contributed by atoms with Crippen LogP contribution in [0, 0.1) is 0 Å². The van der Waals surface area contributed by atoms with E-state index in [1.54, 1.807) is 19.4 Å². The number of allylic oxidation sites excluding steroid dienone is 2. The number of ether oxygens (including phenoxy) is 2. The molecule has 1 aromatic heterocycles. The van der Waals surface area contributed by atoms with Gasteiger partial charge in [-0.2, -0.15) is 0 Å². The standard InChI is InChI=1S/C30H26N2O4/c1-35-20-8-5-17(6-9-20)19-14-24-30(26(34)15-19)28(18-7-12-25(33)27(16-18)36-2)29-21-4-3-13-31-22(21)10-11-23(29)32-24/h3-13,16,19,28,32-33H,14-15H2,1-2H3. The average molecular weight is 479 g/mol. The fraction of sp³-hybridized carbons (Fsp3) is 0.200. The van der Waals surface area contributed by atoms with Gasteiger partial charge in [0.25, 0.3) is 0 Å². The van der Waals surface area contributed by atoms with Crippen LogP contribution in [0.2, 0.25) is 0 Å². The number of rotatable bonds is 4. The van der Waals surface area contributed by atoms with Gasteiger partial charge in [-0.05, 0) is 71.5 Å². The number of Topliss-reactive ketones (excluding diaryl/α,β-unsaturated/α-hetero) is 1. The zero-order valence-corrected chi connectivity index (χ0v) is 20.1. The summed E-state index contributed by atoms with van der Waals surface area (Å²) in [5, 5.41) is 14.9. The molecule has 6 nitrogen and oxygen atoms in total. The van der Waals surface area contributed by atoms with Crippen LogP contribution in [-0.2, 0) is 4.79 Å². The lowest BCUT2D eigenvalue weighted by atomic mass is 9.71. The van der Waals surface area contributed by atoms with Gasteiger partial charge in [-0.25, -0.2) is 0 Å². The number of phenols is 1.